The predicted molar refractivity (Wildman–Crippen MR) is 84.9 cm³/mol. The largest absolute Gasteiger partial charge is 0.481 e. The van der Waals surface area contributed by atoms with Gasteiger partial charge >= 0.3 is 11.9 Å². The van der Waals surface area contributed by atoms with Gasteiger partial charge in [0.15, 0.2) is 0 Å². The molecule has 2 amide bonds. The highest BCUT2D eigenvalue weighted by Crippen LogP contribution is 2.02. The Balaban J connectivity index is 4.44. The molecule has 24 heavy (non-hydrogen) atoms. The summed E-state index contributed by atoms with van der Waals surface area (Å²) in [6.45, 7) is 1.82. The van der Waals surface area contributed by atoms with Gasteiger partial charge in [-0.25, -0.2) is 4.79 Å². The van der Waals surface area contributed by atoms with E-state index >= 15 is 0 Å². The first-order valence-corrected chi connectivity index (χ1v) is 7.70. The van der Waals surface area contributed by atoms with E-state index < -0.39 is 41.9 Å². The van der Waals surface area contributed by atoms with Crippen LogP contribution in [-0.2, 0) is 19.2 Å². The van der Waals surface area contributed by atoms with Crippen LogP contribution in [-0.4, -0.2) is 58.6 Å². The maximum Gasteiger partial charge on any atom is 0.326 e. The molecule has 0 aromatic carbocycles. The number of carbonyl (C=O) groups is 4. The first kappa shape index (κ1) is 21.8. The highest BCUT2D eigenvalue weighted by molar-refractivity contribution is 5.91. The lowest BCUT2D eigenvalue weighted by atomic mass is 10.1. The third-order valence-corrected chi connectivity index (χ3v) is 3.32. The number of carboxylic acid groups (broad SMARTS) is 2. The Morgan fingerprint density at radius 3 is 2.12 bits per heavy atom. The molecule has 0 unspecified atom stereocenters. The van der Waals surface area contributed by atoms with E-state index in [4.69, 9.17) is 21.7 Å². The Bertz CT molecular complexity index is 457. The third kappa shape index (κ3) is 9.06. The van der Waals surface area contributed by atoms with Crippen molar-refractivity contribution >= 4 is 23.8 Å². The number of amides is 2. The number of hydrogen-bond donors (Lipinski definition) is 6. The van der Waals surface area contributed by atoms with Gasteiger partial charge in [0, 0.05) is 6.42 Å². The summed E-state index contributed by atoms with van der Waals surface area (Å²) in [6, 6.07) is -3.12. The second-order valence-corrected chi connectivity index (χ2v) is 5.45. The van der Waals surface area contributed by atoms with Crippen molar-refractivity contribution in [2.75, 3.05) is 6.54 Å². The van der Waals surface area contributed by atoms with Crippen LogP contribution in [0.2, 0.25) is 0 Å². The summed E-state index contributed by atoms with van der Waals surface area (Å²) < 4.78 is 0. The lowest BCUT2D eigenvalue weighted by molar-refractivity contribution is -0.142. The molecular weight excluding hydrogens is 320 g/mol. The molecule has 0 aliphatic carbocycles. The van der Waals surface area contributed by atoms with Crippen molar-refractivity contribution in [2.45, 2.75) is 57.2 Å². The monoisotopic (exact) mass is 346 g/mol. The number of carbonyl (C=O) groups excluding carboxylic acids is 2. The van der Waals surface area contributed by atoms with Gasteiger partial charge in [-0.05, 0) is 39.2 Å². The standard InChI is InChI=1S/C14H26N4O6/c1-8(17-13(22)9(16)5-6-11(19)20)12(21)18-10(14(23)24)4-2-3-7-15/h8-10H,2-7,15-16H2,1H3,(H,17,22)(H,18,21)(H,19,20)(H,23,24)/t8-,9-,10-/m0/s1. The fourth-order valence-corrected chi connectivity index (χ4v) is 1.84. The van der Waals surface area contributed by atoms with E-state index in [-0.39, 0.29) is 19.3 Å². The molecule has 0 radical (unpaired) electrons. The zero-order chi connectivity index (χ0) is 18.7. The Morgan fingerprint density at radius 2 is 1.62 bits per heavy atom. The third-order valence-electron chi connectivity index (χ3n) is 3.32. The quantitative estimate of drug-likeness (QED) is 0.228. The summed E-state index contributed by atoms with van der Waals surface area (Å²) in [5.74, 6) is -3.58. The highest BCUT2D eigenvalue weighted by Gasteiger charge is 2.25. The maximum absolute atomic E-state index is 12.0. The SMILES string of the molecule is C[C@H](NC(=O)[C@@H](N)CCC(=O)O)C(=O)N[C@@H](CCCCN)C(=O)O. The molecule has 0 rings (SSSR count). The molecule has 0 bridgehead atoms. The molecule has 0 aliphatic heterocycles. The lowest BCUT2D eigenvalue weighted by Gasteiger charge is -2.20. The first-order valence-electron chi connectivity index (χ1n) is 7.70. The normalized spacial score (nSPS) is 14.3. The molecule has 0 aliphatic rings. The average molecular weight is 346 g/mol. The molecule has 10 heteroatoms. The second kappa shape index (κ2) is 11.4. The topological polar surface area (TPSA) is 185 Å². The molecule has 0 spiro atoms. The number of hydrogen-bond acceptors (Lipinski definition) is 6. The lowest BCUT2D eigenvalue weighted by Crippen LogP contribution is -2.53. The number of nitrogens with two attached hydrogens (primary N) is 2. The number of unbranched alkanes of at least 4 members (excludes halogenated alkanes) is 1. The van der Waals surface area contributed by atoms with Crippen LogP contribution in [0.1, 0.15) is 39.0 Å². The Labute approximate surface area is 139 Å². The Kier molecular flexibility index (Phi) is 10.3. The molecule has 0 heterocycles. The maximum atomic E-state index is 12.0. The van der Waals surface area contributed by atoms with Crippen LogP contribution in [0, 0.1) is 0 Å². The second-order valence-electron chi connectivity index (χ2n) is 5.45. The van der Waals surface area contributed by atoms with E-state index in [1.807, 2.05) is 0 Å². The number of aliphatic carboxylic acids is 2. The first-order chi connectivity index (χ1) is 11.2. The van der Waals surface area contributed by atoms with Crippen LogP contribution in [0.5, 0.6) is 0 Å². The van der Waals surface area contributed by atoms with Crippen LogP contribution in [0.25, 0.3) is 0 Å². The van der Waals surface area contributed by atoms with Gasteiger partial charge < -0.3 is 32.3 Å². The molecular formula is C14H26N4O6. The van der Waals surface area contributed by atoms with Crippen molar-refractivity contribution in [3.63, 3.8) is 0 Å². The van der Waals surface area contributed by atoms with E-state index in [0.29, 0.717) is 19.4 Å². The molecule has 0 saturated carbocycles. The van der Waals surface area contributed by atoms with Crippen molar-refractivity contribution in [1.29, 1.82) is 0 Å². The van der Waals surface area contributed by atoms with Gasteiger partial charge in [-0.2, -0.15) is 0 Å². The van der Waals surface area contributed by atoms with Crippen molar-refractivity contribution < 1.29 is 29.4 Å². The van der Waals surface area contributed by atoms with Gasteiger partial charge in [-0.1, -0.05) is 0 Å². The zero-order valence-electron chi connectivity index (χ0n) is 13.7. The Hall–Kier alpha value is -2.20. The van der Waals surface area contributed by atoms with Crippen molar-refractivity contribution in [1.82, 2.24) is 10.6 Å². The molecule has 0 aromatic rings. The van der Waals surface area contributed by atoms with Crippen LogP contribution in [0.15, 0.2) is 0 Å². The van der Waals surface area contributed by atoms with E-state index in [2.05, 4.69) is 10.6 Å². The van der Waals surface area contributed by atoms with E-state index in [9.17, 15) is 19.2 Å². The molecule has 0 aromatic heterocycles. The minimum Gasteiger partial charge on any atom is -0.481 e. The van der Waals surface area contributed by atoms with Crippen LogP contribution in [0.4, 0.5) is 0 Å². The summed E-state index contributed by atoms with van der Waals surface area (Å²) in [7, 11) is 0. The minimum absolute atomic E-state index is 0.0631. The van der Waals surface area contributed by atoms with Gasteiger partial charge in [0.25, 0.3) is 0 Å². The van der Waals surface area contributed by atoms with Gasteiger partial charge in [0.05, 0.1) is 6.04 Å². The van der Waals surface area contributed by atoms with Gasteiger partial charge in [0.2, 0.25) is 11.8 Å². The summed E-state index contributed by atoms with van der Waals surface area (Å²) in [4.78, 5) is 45.3. The van der Waals surface area contributed by atoms with Gasteiger partial charge in [-0.15, -0.1) is 0 Å². The molecule has 8 N–H and O–H groups in total. The van der Waals surface area contributed by atoms with Gasteiger partial charge in [-0.3, -0.25) is 14.4 Å². The summed E-state index contributed by atoms with van der Waals surface area (Å²) in [5, 5.41) is 22.3. The molecule has 138 valence electrons. The number of carboxylic acids is 2. The summed E-state index contributed by atoms with van der Waals surface area (Å²) >= 11 is 0. The fraction of sp³-hybridized carbons (Fsp3) is 0.714. The van der Waals surface area contributed by atoms with E-state index in [1.54, 1.807) is 0 Å². The molecule has 10 nitrogen and oxygen atoms in total. The highest BCUT2D eigenvalue weighted by atomic mass is 16.4. The zero-order valence-corrected chi connectivity index (χ0v) is 13.7. The van der Waals surface area contributed by atoms with Crippen molar-refractivity contribution in [2.24, 2.45) is 11.5 Å². The molecule has 0 saturated heterocycles. The van der Waals surface area contributed by atoms with E-state index in [1.165, 1.54) is 6.92 Å². The minimum atomic E-state index is -1.17. The fourth-order valence-electron chi connectivity index (χ4n) is 1.84. The molecule has 0 fully saturated rings. The van der Waals surface area contributed by atoms with Crippen LogP contribution < -0.4 is 22.1 Å². The van der Waals surface area contributed by atoms with Crippen LogP contribution >= 0.6 is 0 Å². The van der Waals surface area contributed by atoms with Crippen molar-refractivity contribution in [3.05, 3.63) is 0 Å². The predicted octanol–water partition coefficient (Wildman–Crippen LogP) is -1.62. The number of rotatable bonds is 12. The van der Waals surface area contributed by atoms with E-state index in [0.717, 1.165) is 0 Å². The Morgan fingerprint density at radius 1 is 1.00 bits per heavy atom. The molecule has 3 atom stereocenters. The van der Waals surface area contributed by atoms with Crippen molar-refractivity contribution in [3.8, 4) is 0 Å². The summed E-state index contributed by atoms with van der Waals surface area (Å²) in [6.07, 6.45) is 1.10. The van der Waals surface area contributed by atoms with Gasteiger partial charge in [0.1, 0.15) is 12.1 Å². The number of nitrogens with one attached hydrogen (secondary N) is 2. The van der Waals surface area contributed by atoms with Crippen LogP contribution in [0.3, 0.4) is 0 Å². The smallest absolute Gasteiger partial charge is 0.326 e. The average Bonchev–Trinajstić information content (AvgIpc) is 2.50. The summed E-state index contributed by atoms with van der Waals surface area (Å²) in [5.41, 5.74) is 10.9.